The summed E-state index contributed by atoms with van der Waals surface area (Å²) < 4.78 is 5.65. The molecule has 1 aromatic heterocycles. The van der Waals surface area contributed by atoms with Crippen molar-refractivity contribution in [3.05, 3.63) is 71.0 Å². The number of Topliss-reactive ketones (excluding diaryl/α,β-unsaturated/α-hetero) is 1. The van der Waals surface area contributed by atoms with Gasteiger partial charge in [0.15, 0.2) is 11.5 Å². The number of carbonyl (C=O) groups excluding carboxylic acids is 1. The van der Waals surface area contributed by atoms with Gasteiger partial charge in [0.05, 0.1) is 0 Å². The van der Waals surface area contributed by atoms with E-state index in [1.807, 2.05) is 43.3 Å². The first kappa shape index (κ1) is 13.6. The number of carbonyl (C=O) groups is 1. The van der Waals surface area contributed by atoms with Crippen molar-refractivity contribution in [2.24, 2.45) is 0 Å². The van der Waals surface area contributed by atoms with Gasteiger partial charge in [-0.05, 0) is 49.6 Å². The largest absolute Gasteiger partial charge is 0.453 e. The molecule has 2 aromatic carbocycles. The predicted octanol–water partition coefficient (Wildman–Crippen LogP) is 4.87. The molecule has 0 amide bonds. The predicted molar refractivity (Wildman–Crippen MR) is 84.8 cm³/mol. The van der Waals surface area contributed by atoms with Crippen molar-refractivity contribution in [2.75, 3.05) is 0 Å². The lowest BCUT2D eigenvalue weighted by Crippen LogP contribution is -2.00. The van der Waals surface area contributed by atoms with Gasteiger partial charge in [0.1, 0.15) is 5.58 Å². The Balaban J connectivity index is 1.76. The zero-order valence-electron chi connectivity index (χ0n) is 12.3. The number of furan rings is 1. The minimum Gasteiger partial charge on any atom is -0.453 e. The van der Waals surface area contributed by atoms with Gasteiger partial charge in [-0.3, -0.25) is 4.79 Å². The number of benzene rings is 2. The van der Waals surface area contributed by atoms with Crippen LogP contribution < -0.4 is 0 Å². The third kappa shape index (κ3) is 2.89. The molecule has 2 heteroatoms. The average Bonchev–Trinajstić information content (AvgIpc) is 2.89. The van der Waals surface area contributed by atoms with Crippen molar-refractivity contribution in [1.29, 1.82) is 0 Å². The Hall–Kier alpha value is -2.35. The molecule has 3 rings (SSSR count). The topological polar surface area (TPSA) is 30.2 Å². The van der Waals surface area contributed by atoms with Crippen LogP contribution in [0.2, 0.25) is 0 Å². The normalized spacial score (nSPS) is 11.0. The number of hydrogen-bond donors (Lipinski definition) is 0. The second-order valence-electron chi connectivity index (χ2n) is 5.50. The second kappa shape index (κ2) is 5.57. The molecule has 0 saturated carbocycles. The van der Waals surface area contributed by atoms with Gasteiger partial charge in [-0.1, -0.05) is 35.9 Å². The summed E-state index contributed by atoms with van der Waals surface area (Å²) in [5, 5.41) is 0.995. The van der Waals surface area contributed by atoms with Crippen LogP contribution in [0, 0.1) is 13.8 Å². The fourth-order valence-corrected chi connectivity index (χ4v) is 2.56. The van der Waals surface area contributed by atoms with Crippen molar-refractivity contribution in [3.8, 4) is 0 Å². The van der Waals surface area contributed by atoms with E-state index in [4.69, 9.17) is 4.42 Å². The maximum atomic E-state index is 12.3. The van der Waals surface area contributed by atoms with Gasteiger partial charge in [-0.15, -0.1) is 0 Å². The van der Waals surface area contributed by atoms with Gasteiger partial charge < -0.3 is 4.42 Å². The fourth-order valence-electron chi connectivity index (χ4n) is 2.56. The molecule has 0 atom stereocenters. The monoisotopic (exact) mass is 278 g/mol. The minimum atomic E-state index is 0.0621. The fraction of sp³-hybridized carbons (Fsp3) is 0.211. The molecule has 0 fully saturated rings. The first-order valence-corrected chi connectivity index (χ1v) is 7.21. The molecule has 21 heavy (non-hydrogen) atoms. The summed E-state index contributed by atoms with van der Waals surface area (Å²) in [7, 11) is 0. The maximum absolute atomic E-state index is 12.3. The summed E-state index contributed by atoms with van der Waals surface area (Å²) in [5.74, 6) is 0.524. The molecule has 106 valence electrons. The van der Waals surface area contributed by atoms with Crippen molar-refractivity contribution in [3.63, 3.8) is 0 Å². The van der Waals surface area contributed by atoms with Crippen LogP contribution in [-0.4, -0.2) is 5.78 Å². The Morgan fingerprint density at radius 2 is 1.86 bits per heavy atom. The molecule has 3 aromatic rings. The summed E-state index contributed by atoms with van der Waals surface area (Å²) >= 11 is 0. The average molecular weight is 278 g/mol. The molecule has 0 saturated heterocycles. The summed E-state index contributed by atoms with van der Waals surface area (Å²) in [6.07, 6.45) is 1.23. The molecule has 0 radical (unpaired) electrons. The van der Waals surface area contributed by atoms with Crippen molar-refractivity contribution < 1.29 is 9.21 Å². The van der Waals surface area contributed by atoms with E-state index >= 15 is 0 Å². The van der Waals surface area contributed by atoms with Crippen LogP contribution in [0.4, 0.5) is 0 Å². The van der Waals surface area contributed by atoms with Gasteiger partial charge in [-0.25, -0.2) is 0 Å². The van der Waals surface area contributed by atoms with Crippen LogP contribution in [-0.2, 0) is 6.42 Å². The lowest BCUT2D eigenvalue weighted by atomic mass is 10.0. The zero-order chi connectivity index (χ0) is 14.8. The van der Waals surface area contributed by atoms with Crippen LogP contribution in [0.3, 0.4) is 0 Å². The first-order chi connectivity index (χ1) is 10.1. The smallest absolute Gasteiger partial charge is 0.198 e. The van der Waals surface area contributed by atoms with E-state index in [-0.39, 0.29) is 5.78 Å². The molecule has 0 spiro atoms. The zero-order valence-corrected chi connectivity index (χ0v) is 12.3. The molecular weight excluding hydrogens is 260 g/mol. The Morgan fingerprint density at radius 1 is 1.05 bits per heavy atom. The summed E-state index contributed by atoms with van der Waals surface area (Å²) in [4.78, 5) is 12.3. The van der Waals surface area contributed by atoms with Crippen LogP contribution in [0.15, 0.2) is 52.9 Å². The number of aryl methyl sites for hydroxylation is 3. The summed E-state index contributed by atoms with van der Waals surface area (Å²) in [6.45, 7) is 4.11. The molecular formula is C19H18O2. The Morgan fingerprint density at radius 3 is 2.67 bits per heavy atom. The van der Waals surface area contributed by atoms with E-state index in [0.717, 1.165) is 17.4 Å². The number of rotatable bonds is 4. The van der Waals surface area contributed by atoms with Crippen LogP contribution in [0.5, 0.6) is 0 Å². The number of hydrogen-bond acceptors (Lipinski definition) is 2. The standard InChI is InChI=1S/C19H18O2/c1-13-7-10-18-16(11-13)12-19(21-18)17(20)9-8-15-6-4-3-5-14(15)2/h3-7,10-12H,8-9H2,1-2H3. The van der Waals surface area contributed by atoms with E-state index in [0.29, 0.717) is 12.2 Å². The van der Waals surface area contributed by atoms with Crippen molar-refractivity contribution in [1.82, 2.24) is 0 Å². The second-order valence-corrected chi connectivity index (χ2v) is 5.50. The van der Waals surface area contributed by atoms with E-state index in [1.165, 1.54) is 16.7 Å². The lowest BCUT2D eigenvalue weighted by Gasteiger charge is -2.03. The van der Waals surface area contributed by atoms with Crippen molar-refractivity contribution in [2.45, 2.75) is 26.7 Å². The van der Waals surface area contributed by atoms with Crippen LogP contribution in [0.1, 0.15) is 33.7 Å². The molecule has 1 heterocycles. The molecule has 2 nitrogen and oxygen atoms in total. The van der Waals surface area contributed by atoms with Crippen molar-refractivity contribution >= 4 is 16.8 Å². The highest BCUT2D eigenvalue weighted by atomic mass is 16.3. The highest BCUT2D eigenvalue weighted by Gasteiger charge is 2.12. The number of ketones is 1. The Kier molecular flexibility index (Phi) is 3.61. The highest BCUT2D eigenvalue weighted by Crippen LogP contribution is 2.22. The molecule has 0 bridgehead atoms. The Bertz CT molecular complexity index is 796. The van der Waals surface area contributed by atoms with E-state index in [9.17, 15) is 4.79 Å². The van der Waals surface area contributed by atoms with E-state index in [1.54, 1.807) is 0 Å². The Labute approximate surface area is 124 Å². The van der Waals surface area contributed by atoms with E-state index < -0.39 is 0 Å². The lowest BCUT2D eigenvalue weighted by molar-refractivity contribution is 0.0958. The molecule has 0 aliphatic rings. The molecule has 0 aliphatic carbocycles. The molecule has 0 aliphatic heterocycles. The molecule has 0 N–H and O–H groups in total. The summed E-state index contributed by atoms with van der Waals surface area (Å²) in [5.41, 5.74) is 4.39. The van der Waals surface area contributed by atoms with Gasteiger partial charge in [0, 0.05) is 11.8 Å². The molecule has 0 unspecified atom stereocenters. The maximum Gasteiger partial charge on any atom is 0.198 e. The SMILES string of the molecule is Cc1ccc2oc(C(=O)CCc3ccccc3C)cc2c1. The van der Waals surface area contributed by atoms with Crippen LogP contribution in [0.25, 0.3) is 11.0 Å². The van der Waals surface area contributed by atoms with Gasteiger partial charge >= 0.3 is 0 Å². The third-order valence-corrected chi connectivity index (χ3v) is 3.83. The van der Waals surface area contributed by atoms with Gasteiger partial charge in [-0.2, -0.15) is 0 Å². The van der Waals surface area contributed by atoms with E-state index in [2.05, 4.69) is 19.1 Å². The quantitative estimate of drug-likeness (QED) is 0.638. The first-order valence-electron chi connectivity index (χ1n) is 7.21. The van der Waals surface area contributed by atoms with Gasteiger partial charge in [0.2, 0.25) is 0 Å². The van der Waals surface area contributed by atoms with Gasteiger partial charge in [0.25, 0.3) is 0 Å². The number of fused-ring (bicyclic) bond motifs is 1. The van der Waals surface area contributed by atoms with Crippen LogP contribution >= 0.6 is 0 Å². The summed E-state index contributed by atoms with van der Waals surface area (Å²) in [6, 6.07) is 16.0. The highest BCUT2D eigenvalue weighted by molar-refractivity contribution is 5.97. The minimum absolute atomic E-state index is 0.0621. The third-order valence-electron chi connectivity index (χ3n) is 3.83.